The fourth-order valence-electron chi connectivity index (χ4n) is 0.118. The number of rotatable bonds is 2. The zero-order valence-corrected chi connectivity index (χ0v) is 9.07. The summed E-state index contributed by atoms with van der Waals surface area (Å²) in [6.07, 6.45) is 0. The molecule has 0 aliphatic rings. The number of hydrogen-bond donors (Lipinski definition) is 0. The van der Waals surface area contributed by atoms with Crippen molar-refractivity contribution < 1.29 is 0 Å². The number of hydrogen-bond acceptors (Lipinski definition) is 0. The summed E-state index contributed by atoms with van der Waals surface area (Å²) in [5.74, 6) is 2.32. The Labute approximate surface area is 54.3 Å². The summed E-state index contributed by atoms with van der Waals surface area (Å²) in [6.45, 7) is 2.27. The predicted octanol–water partition coefficient (Wildman–Crippen LogP) is 0.415. The molecule has 3 heteroatoms. The van der Waals surface area contributed by atoms with Crippen LogP contribution < -0.4 is 0 Å². The van der Waals surface area contributed by atoms with Crippen LogP contribution in [0.5, 0.6) is 0 Å². The van der Waals surface area contributed by atoms with Crippen LogP contribution in [0.25, 0.3) is 0 Å². The summed E-state index contributed by atoms with van der Waals surface area (Å²) in [4.78, 5) is 0. The van der Waals surface area contributed by atoms with Crippen molar-refractivity contribution >= 4 is 36.5 Å². The second-order valence-electron chi connectivity index (χ2n) is 0.759. The molecule has 0 saturated heterocycles. The summed E-state index contributed by atoms with van der Waals surface area (Å²) in [7, 11) is -0.113. The first-order chi connectivity index (χ1) is 2.81. The molecule has 0 aliphatic heterocycles. The van der Waals surface area contributed by atoms with E-state index < -0.39 is 0 Å². The predicted molar refractivity (Wildman–Crippen MR) is 33.6 cm³/mol. The molecule has 0 rings (SSSR count). The van der Waals surface area contributed by atoms with Crippen molar-refractivity contribution in [3.05, 3.63) is 0 Å². The van der Waals surface area contributed by atoms with Gasteiger partial charge in [-0.25, -0.2) is 0 Å². The Morgan fingerprint density at radius 1 is 1.83 bits per heavy atom. The molecule has 0 bridgehead atoms. The molecule has 38 valence electrons. The van der Waals surface area contributed by atoms with E-state index in [1.54, 1.807) is 0 Å². The molecule has 0 fully saturated rings. The van der Waals surface area contributed by atoms with Crippen LogP contribution in [0.1, 0.15) is 6.92 Å². The average Bonchev–Trinajstić information content (AvgIpc) is 1.65. The van der Waals surface area contributed by atoms with E-state index in [2.05, 4.69) is 26.4 Å². The van der Waals surface area contributed by atoms with Crippen molar-refractivity contribution in [2.24, 2.45) is 0 Å². The molecule has 0 saturated carbocycles. The van der Waals surface area contributed by atoms with Crippen LogP contribution >= 0.6 is 0 Å². The van der Waals surface area contributed by atoms with Gasteiger partial charge in [0.1, 0.15) is 0 Å². The van der Waals surface area contributed by atoms with Gasteiger partial charge in [-0.3, -0.25) is 0 Å². The molecular formula is C3H8Se3. The van der Waals surface area contributed by atoms with E-state index in [9.17, 15) is 0 Å². The first-order valence-electron chi connectivity index (χ1n) is 1.74. The quantitative estimate of drug-likeness (QED) is 0.643. The first-order valence-corrected chi connectivity index (χ1v) is 13.3. The Hall–Kier alpha value is 1.56. The van der Waals surface area contributed by atoms with Crippen LogP contribution in [0, 0.1) is 0 Å². The molecule has 0 aromatic rings. The van der Waals surface area contributed by atoms with Gasteiger partial charge < -0.3 is 0 Å². The Morgan fingerprint density at radius 2 is 2.33 bits per heavy atom. The van der Waals surface area contributed by atoms with Crippen molar-refractivity contribution in [2.75, 3.05) is 0 Å². The normalized spacial score (nSPS) is 14.3. The summed E-state index contributed by atoms with van der Waals surface area (Å²) < 4.78 is 0. The van der Waals surface area contributed by atoms with Crippen LogP contribution in [0.2, 0.25) is 11.1 Å². The summed E-state index contributed by atoms with van der Waals surface area (Å²) in [6, 6.07) is 0. The molecule has 0 radical (unpaired) electrons. The van der Waals surface area contributed by atoms with E-state index in [0.717, 1.165) is 13.1 Å². The van der Waals surface area contributed by atoms with Gasteiger partial charge in [0.05, 0.1) is 0 Å². The van der Waals surface area contributed by atoms with E-state index in [-0.39, 0.29) is 9.72 Å². The fraction of sp³-hybridized carbons (Fsp3) is 1.00. The van der Waals surface area contributed by atoms with E-state index in [1.807, 2.05) is 0 Å². The van der Waals surface area contributed by atoms with Gasteiger partial charge in [0.15, 0.2) is 0 Å². The maximum atomic E-state index is 3.23. The van der Waals surface area contributed by atoms with Gasteiger partial charge in [-0.2, -0.15) is 0 Å². The van der Waals surface area contributed by atoms with E-state index >= 15 is 0 Å². The molecule has 6 heavy (non-hydrogen) atoms. The molecular weight excluding hydrogens is 273 g/mol. The van der Waals surface area contributed by atoms with E-state index in [4.69, 9.17) is 0 Å². The molecule has 0 aromatic carbocycles. The molecule has 0 aromatic heterocycles. The van der Waals surface area contributed by atoms with Gasteiger partial charge in [-0.05, 0) is 0 Å². The van der Waals surface area contributed by atoms with Gasteiger partial charge in [-0.15, -0.1) is 0 Å². The standard InChI is InChI=1S/C3H8Se3/c1-3-6(4)5-2/h3H2,1-2H3. The SMILES string of the molecule is CC[Se](=[Se])[Se]C. The van der Waals surface area contributed by atoms with E-state index in [1.165, 1.54) is 5.32 Å². The second kappa shape index (κ2) is 4.71. The molecule has 0 aliphatic carbocycles. The van der Waals surface area contributed by atoms with Gasteiger partial charge in [0, 0.05) is 0 Å². The fourth-order valence-corrected chi connectivity index (χ4v) is 3.18. The molecule has 0 heterocycles. The third kappa shape index (κ3) is 3.74. The zero-order chi connectivity index (χ0) is 4.99. The minimum atomic E-state index is -0.113. The van der Waals surface area contributed by atoms with Crippen molar-refractivity contribution in [1.82, 2.24) is 0 Å². The van der Waals surface area contributed by atoms with Gasteiger partial charge in [-0.1, -0.05) is 0 Å². The van der Waals surface area contributed by atoms with Crippen LogP contribution in [0.3, 0.4) is 0 Å². The van der Waals surface area contributed by atoms with Crippen molar-refractivity contribution in [2.45, 2.75) is 18.1 Å². The van der Waals surface area contributed by atoms with Gasteiger partial charge in [0.25, 0.3) is 0 Å². The van der Waals surface area contributed by atoms with Crippen LogP contribution in [-0.2, 0) is 0 Å². The maximum absolute atomic E-state index is 3.23. The van der Waals surface area contributed by atoms with Crippen LogP contribution in [0.15, 0.2) is 0 Å². The molecule has 0 spiro atoms. The molecule has 0 nitrogen and oxygen atoms in total. The molecule has 1 unspecified atom stereocenters. The summed E-state index contributed by atoms with van der Waals surface area (Å²) in [5, 5.41) is 1.43. The summed E-state index contributed by atoms with van der Waals surface area (Å²) in [5.41, 5.74) is 0. The Morgan fingerprint density at radius 3 is 2.33 bits per heavy atom. The van der Waals surface area contributed by atoms with Gasteiger partial charge >= 0.3 is 54.6 Å². The van der Waals surface area contributed by atoms with Crippen LogP contribution in [-0.4, -0.2) is 36.5 Å². The van der Waals surface area contributed by atoms with Crippen molar-refractivity contribution in [1.29, 1.82) is 0 Å². The third-order valence-electron chi connectivity index (χ3n) is 0.422. The molecule has 1 atom stereocenters. The van der Waals surface area contributed by atoms with Crippen molar-refractivity contribution in [3.63, 3.8) is 0 Å². The summed E-state index contributed by atoms with van der Waals surface area (Å²) >= 11 is 4.18. The average molecular weight is 281 g/mol. The third-order valence-corrected chi connectivity index (χ3v) is 19.1. The Bertz CT molecular complexity index is 44.0. The second-order valence-corrected chi connectivity index (χ2v) is 21.9. The monoisotopic (exact) mass is 284 g/mol. The molecule has 0 amide bonds. The van der Waals surface area contributed by atoms with Gasteiger partial charge in [0.2, 0.25) is 0 Å². The molecule has 0 N–H and O–H groups in total. The Kier molecular flexibility index (Phi) is 5.93. The van der Waals surface area contributed by atoms with E-state index in [0.29, 0.717) is 0 Å². The van der Waals surface area contributed by atoms with Crippen molar-refractivity contribution in [3.8, 4) is 0 Å². The first kappa shape index (κ1) is 7.56. The Balaban J connectivity index is 2.99. The minimum absolute atomic E-state index is 0.113. The zero-order valence-electron chi connectivity index (χ0n) is 3.93. The topological polar surface area (TPSA) is 0 Å². The van der Waals surface area contributed by atoms with Crippen LogP contribution in [0.4, 0.5) is 0 Å².